The molecule has 1 atom stereocenters. The van der Waals surface area contributed by atoms with Gasteiger partial charge in [0, 0.05) is 11.8 Å². The Morgan fingerprint density at radius 2 is 1.76 bits per heavy atom. The molecule has 0 aliphatic rings. The van der Waals surface area contributed by atoms with E-state index in [4.69, 9.17) is 0 Å². The Hall–Kier alpha value is -1.78. The molecule has 0 saturated carbocycles. The summed E-state index contributed by atoms with van der Waals surface area (Å²) in [7, 11) is 0. The van der Waals surface area contributed by atoms with Crippen molar-refractivity contribution in [3.05, 3.63) is 42.6 Å². The van der Waals surface area contributed by atoms with Crippen LogP contribution in [0.15, 0.2) is 42.6 Å². The molecule has 0 aliphatic heterocycles. The lowest BCUT2D eigenvalue weighted by atomic mass is 10.2. The summed E-state index contributed by atoms with van der Waals surface area (Å²) in [5, 5.41) is 3.94. The van der Waals surface area contributed by atoms with Crippen LogP contribution < -0.4 is 0 Å². The monoisotopic (exact) mass is 240 g/mol. The van der Waals surface area contributed by atoms with Gasteiger partial charge < -0.3 is 0 Å². The van der Waals surface area contributed by atoms with Crippen molar-refractivity contribution in [2.75, 3.05) is 0 Å². The standard InChI is InChI=1S/C12H11F3N2/c1-9(12(13,14)15)17-8-7-11(16-17)10-5-3-2-4-6-10/h2-9H,1H3. The Kier molecular flexibility index (Phi) is 2.92. The zero-order chi connectivity index (χ0) is 12.5. The van der Waals surface area contributed by atoms with Crippen molar-refractivity contribution >= 4 is 0 Å². The molecule has 90 valence electrons. The SMILES string of the molecule is CC(n1ccc(-c2ccccc2)n1)C(F)(F)F. The highest BCUT2D eigenvalue weighted by Gasteiger charge is 2.37. The molecule has 1 aromatic carbocycles. The van der Waals surface area contributed by atoms with Crippen LogP contribution in [0.1, 0.15) is 13.0 Å². The second-order valence-corrected chi connectivity index (χ2v) is 3.76. The summed E-state index contributed by atoms with van der Waals surface area (Å²) < 4.78 is 38.4. The van der Waals surface area contributed by atoms with Crippen LogP contribution in [0.5, 0.6) is 0 Å². The van der Waals surface area contributed by atoms with Gasteiger partial charge >= 0.3 is 6.18 Å². The first-order valence-electron chi connectivity index (χ1n) is 5.16. The number of halogens is 3. The maximum atomic E-state index is 12.5. The lowest BCUT2D eigenvalue weighted by molar-refractivity contribution is -0.165. The van der Waals surface area contributed by atoms with Crippen LogP contribution in [0.25, 0.3) is 11.3 Å². The van der Waals surface area contributed by atoms with Crippen LogP contribution in [0.3, 0.4) is 0 Å². The maximum Gasteiger partial charge on any atom is 0.410 e. The first kappa shape index (κ1) is 11.7. The Morgan fingerprint density at radius 3 is 2.35 bits per heavy atom. The van der Waals surface area contributed by atoms with E-state index >= 15 is 0 Å². The number of alkyl halides is 3. The van der Waals surface area contributed by atoms with Crippen molar-refractivity contribution in [1.29, 1.82) is 0 Å². The van der Waals surface area contributed by atoms with Crippen LogP contribution in [-0.4, -0.2) is 16.0 Å². The minimum atomic E-state index is -4.28. The fourth-order valence-electron chi connectivity index (χ4n) is 1.47. The van der Waals surface area contributed by atoms with E-state index in [1.165, 1.54) is 6.20 Å². The second kappa shape index (κ2) is 4.24. The summed E-state index contributed by atoms with van der Waals surface area (Å²) >= 11 is 0. The summed E-state index contributed by atoms with van der Waals surface area (Å²) in [6, 6.07) is 9.08. The third-order valence-corrected chi connectivity index (χ3v) is 2.55. The van der Waals surface area contributed by atoms with Gasteiger partial charge in [0.25, 0.3) is 0 Å². The van der Waals surface area contributed by atoms with Crippen molar-refractivity contribution in [2.24, 2.45) is 0 Å². The molecule has 0 fully saturated rings. The van der Waals surface area contributed by atoms with Gasteiger partial charge in [-0.15, -0.1) is 0 Å². The summed E-state index contributed by atoms with van der Waals surface area (Å²) in [5.41, 5.74) is 1.35. The first-order chi connectivity index (χ1) is 7.98. The van der Waals surface area contributed by atoms with Crippen LogP contribution in [0.4, 0.5) is 13.2 Å². The Labute approximate surface area is 96.7 Å². The highest BCUT2D eigenvalue weighted by atomic mass is 19.4. The summed E-state index contributed by atoms with van der Waals surface area (Å²) in [5.74, 6) is 0. The van der Waals surface area contributed by atoms with Gasteiger partial charge in [-0.1, -0.05) is 30.3 Å². The topological polar surface area (TPSA) is 17.8 Å². The second-order valence-electron chi connectivity index (χ2n) is 3.76. The van der Waals surface area contributed by atoms with E-state index in [1.807, 2.05) is 30.3 Å². The minimum Gasteiger partial charge on any atom is -0.260 e. The summed E-state index contributed by atoms with van der Waals surface area (Å²) in [6.45, 7) is 1.09. The molecule has 0 aliphatic carbocycles. The van der Waals surface area contributed by atoms with E-state index in [0.29, 0.717) is 5.69 Å². The molecule has 0 saturated heterocycles. The number of rotatable bonds is 2. The number of hydrogen-bond acceptors (Lipinski definition) is 1. The van der Waals surface area contributed by atoms with E-state index in [1.54, 1.807) is 6.07 Å². The highest BCUT2D eigenvalue weighted by Crippen LogP contribution is 2.30. The number of benzene rings is 1. The summed E-state index contributed by atoms with van der Waals surface area (Å²) in [6.07, 6.45) is -2.93. The molecular weight excluding hydrogens is 229 g/mol. The van der Waals surface area contributed by atoms with Gasteiger partial charge in [-0.05, 0) is 13.0 Å². The molecule has 1 aromatic heterocycles. The van der Waals surface area contributed by atoms with E-state index < -0.39 is 12.2 Å². The zero-order valence-electron chi connectivity index (χ0n) is 9.15. The van der Waals surface area contributed by atoms with E-state index in [9.17, 15) is 13.2 Å². The van der Waals surface area contributed by atoms with Gasteiger partial charge in [-0.3, -0.25) is 4.68 Å². The molecule has 5 heteroatoms. The predicted molar refractivity (Wildman–Crippen MR) is 58.4 cm³/mol. The molecule has 0 N–H and O–H groups in total. The fraction of sp³-hybridized carbons (Fsp3) is 0.250. The Morgan fingerprint density at radius 1 is 1.12 bits per heavy atom. The van der Waals surface area contributed by atoms with Gasteiger partial charge in [0.2, 0.25) is 0 Å². The van der Waals surface area contributed by atoms with E-state index in [-0.39, 0.29) is 0 Å². The molecule has 0 bridgehead atoms. The fourth-order valence-corrected chi connectivity index (χ4v) is 1.47. The Balaban J connectivity index is 2.28. The van der Waals surface area contributed by atoms with Crippen LogP contribution in [0.2, 0.25) is 0 Å². The van der Waals surface area contributed by atoms with Crippen molar-refractivity contribution in [3.8, 4) is 11.3 Å². The van der Waals surface area contributed by atoms with Crippen molar-refractivity contribution in [3.63, 3.8) is 0 Å². The first-order valence-corrected chi connectivity index (χ1v) is 5.16. The molecule has 0 amide bonds. The van der Waals surface area contributed by atoms with Gasteiger partial charge in [0.05, 0.1) is 5.69 Å². The molecule has 1 heterocycles. The average Bonchev–Trinajstić information content (AvgIpc) is 2.77. The number of nitrogens with zero attached hydrogens (tertiary/aromatic N) is 2. The maximum absolute atomic E-state index is 12.5. The smallest absolute Gasteiger partial charge is 0.260 e. The van der Waals surface area contributed by atoms with Crippen LogP contribution in [-0.2, 0) is 0 Å². The largest absolute Gasteiger partial charge is 0.410 e. The molecule has 0 radical (unpaired) electrons. The highest BCUT2D eigenvalue weighted by molar-refractivity contribution is 5.57. The molecule has 1 unspecified atom stereocenters. The molecule has 2 nitrogen and oxygen atoms in total. The van der Waals surface area contributed by atoms with Crippen molar-refractivity contribution in [1.82, 2.24) is 9.78 Å². The molecular formula is C12H11F3N2. The van der Waals surface area contributed by atoms with Crippen molar-refractivity contribution in [2.45, 2.75) is 19.1 Å². The predicted octanol–water partition coefficient (Wildman–Crippen LogP) is 3.67. The van der Waals surface area contributed by atoms with Gasteiger partial charge in [0.1, 0.15) is 6.04 Å². The molecule has 17 heavy (non-hydrogen) atoms. The third-order valence-electron chi connectivity index (χ3n) is 2.55. The molecule has 2 aromatic rings. The lowest BCUT2D eigenvalue weighted by Crippen LogP contribution is -2.24. The number of aromatic nitrogens is 2. The van der Waals surface area contributed by atoms with E-state index in [0.717, 1.165) is 17.2 Å². The minimum absolute atomic E-state index is 0.543. The van der Waals surface area contributed by atoms with Gasteiger partial charge in [-0.2, -0.15) is 18.3 Å². The van der Waals surface area contributed by atoms with Crippen LogP contribution >= 0.6 is 0 Å². The van der Waals surface area contributed by atoms with Crippen molar-refractivity contribution < 1.29 is 13.2 Å². The quantitative estimate of drug-likeness (QED) is 0.783. The average molecular weight is 240 g/mol. The zero-order valence-corrected chi connectivity index (χ0v) is 9.15. The Bertz CT molecular complexity index is 488. The summed E-state index contributed by atoms with van der Waals surface area (Å²) in [4.78, 5) is 0. The molecule has 2 rings (SSSR count). The normalized spacial score (nSPS) is 13.6. The lowest BCUT2D eigenvalue weighted by Gasteiger charge is -2.15. The number of hydrogen-bond donors (Lipinski definition) is 0. The molecule has 0 spiro atoms. The van der Waals surface area contributed by atoms with Gasteiger partial charge in [0.15, 0.2) is 0 Å². The van der Waals surface area contributed by atoms with Gasteiger partial charge in [-0.25, -0.2) is 0 Å². The van der Waals surface area contributed by atoms with Crippen LogP contribution in [0, 0.1) is 0 Å². The third kappa shape index (κ3) is 2.49. The van der Waals surface area contributed by atoms with E-state index in [2.05, 4.69) is 5.10 Å².